The van der Waals surface area contributed by atoms with Gasteiger partial charge in [-0.05, 0) is 41.7 Å². The maximum Gasteiger partial charge on any atom is 0.00911 e. The summed E-state index contributed by atoms with van der Waals surface area (Å²) in [6, 6.07) is 9.27. The van der Waals surface area contributed by atoms with Crippen LogP contribution in [0.25, 0.3) is 0 Å². The van der Waals surface area contributed by atoms with Crippen molar-refractivity contribution in [3.05, 3.63) is 35.4 Å². The molecule has 1 aromatic rings. The van der Waals surface area contributed by atoms with Crippen LogP contribution in [0.1, 0.15) is 56.6 Å². The smallest absolute Gasteiger partial charge is 0.00911 e. The minimum absolute atomic E-state index is 0.541. The Morgan fingerprint density at radius 1 is 1.12 bits per heavy atom. The Labute approximate surface area is 114 Å². The summed E-state index contributed by atoms with van der Waals surface area (Å²) in [5.41, 5.74) is 3.50. The molecule has 0 amide bonds. The molecule has 0 aromatic heterocycles. The van der Waals surface area contributed by atoms with Crippen molar-refractivity contribution in [3.8, 4) is 0 Å². The van der Waals surface area contributed by atoms with Gasteiger partial charge in [-0.2, -0.15) is 0 Å². The highest BCUT2D eigenvalue weighted by molar-refractivity contribution is 9.09. The Balaban J connectivity index is 2.07. The van der Waals surface area contributed by atoms with Crippen LogP contribution < -0.4 is 0 Å². The summed E-state index contributed by atoms with van der Waals surface area (Å²) in [5.74, 6) is 0.640. The molecule has 0 unspecified atom stereocenters. The minimum Gasteiger partial charge on any atom is -0.0922 e. The Bertz CT molecular complexity index is 344. The third-order valence-corrected chi connectivity index (χ3v) is 5.36. The van der Waals surface area contributed by atoms with Gasteiger partial charge in [0.2, 0.25) is 0 Å². The molecule has 0 nitrogen and oxygen atoms in total. The van der Waals surface area contributed by atoms with E-state index in [1.54, 1.807) is 0 Å². The molecular weight excluding hydrogens is 272 g/mol. The maximum atomic E-state index is 3.73. The van der Waals surface area contributed by atoms with Crippen molar-refractivity contribution in [1.82, 2.24) is 0 Å². The SMILES string of the molecule is CC(C)c1ccc(CC2(CBr)CCCC2)cc1. The Morgan fingerprint density at radius 3 is 2.18 bits per heavy atom. The number of hydrogen-bond acceptors (Lipinski definition) is 0. The quantitative estimate of drug-likeness (QED) is 0.660. The first-order valence-electron chi connectivity index (χ1n) is 6.80. The fraction of sp³-hybridized carbons (Fsp3) is 0.625. The van der Waals surface area contributed by atoms with Gasteiger partial charge < -0.3 is 0 Å². The average Bonchev–Trinajstić information content (AvgIpc) is 2.79. The second kappa shape index (κ2) is 5.56. The Hall–Kier alpha value is -0.300. The molecule has 1 aliphatic rings. The third-order valence-electron chi connectivity index (χ3n) is 4.17. The van der Waals surface area contributed by atoms with Gasteiger partial charge in [-0.15, -0.1) is 0 Å². The van der Waals surface area contributed by atoms with Gasteiger partial charge >= 0.3 is 0 Å². The summed E-state index contributed by atoms with van der Waals surface area (Å²) >= 11 is 3.73. The Morgan fingerprint density at radius 2 is 1.71 bits per heavy atom. The van der Waals surface area contributed by atoms with Crippen molar-refractivity contribution in [3.63, 3.8) is 0 Å². The van der Waals surface area contributed by atoms with Gasteiger partial charge in [0.1, 0.15) is 0 Å². The van der Waals surface area contributed by atoms with E-state index in [1.807, 2.05) is 0 Å². The molecule has 94 valence electrons. The van der Waals surface area contributed by atoms with Crippen LogP contribution in [0.3, 0.4) is 0 Å². The molecule has 1 saturated carbocycles. The van der Waals surface area contributed by atoms with Gasteiger partial charge in [0.05, 0.1) is 0 Å². The molecule has 0 bridgehead atoms. The number of hydrogen-bond donors (Lipinski definition) is 0. The third kappa shape index (κ3) is 3.13. The van der Waals surface area contributed by atoms with E-state index in [1.165, 1.54) is 43.2 Å². The lowest BCUT2D eigenvalue weighted by Gasteiger charge is -2.26. The summed E-state index contributed by atoms with van der Waals surface area (Å²) < 4.78 is 0. The van der Waals surface area contributed by atoms with Crippen molar-refractivity contribution >= 4 is 15.9 Å². The zero-order valence-electron chi connectivity index (χ0n) is 11.0. The van der Waals surface area contributed by atoms with Gasteiger partial charge in [-0.25, -0.2) is 0 Å². The lowest BCUT2D eigenvalue weighted by atomic mass is 9.82. The van der Waals surface area contributed by atoms with Gasteiger partial charge in [0, 0.05) is 5.33 Å². The standard InChI is InChI=1S/C16H23Br/c1-13(2)15-7-5-14(6-8-15)11-16(12-17)9-3-4-10-16/h5-8,13H,3-4,9-12H2,1-2H3. The number of halogens is 1. The summed E-state index contributed by atoms with van der Waals surface area (Å²) in [6.45, 7) is 4.51. The molecule has 0 atom stereocenters. The Kier molecular flexibility index (Phi) is 4.30. The first kappa shape index (κ1) is 13.1. The average molecular weight is 295 g/mol. The molecule has 1 heteroatoms. The predicted molar refractivity (Wildman–Crippen MR) is 78.9 cm³/mol. The van der Waals surface area contributed by atoms with E-state index in [2.05, 4.69) is 54.0 Å². The van der Waals surface area contributed by atoms with Crippen molar-refractivity contribution in [2.75, 3.05) is 5.33 Å². The van der Waals surface area contributed by atoms with E-state index in [-0.39, 0.29) is 0 Å². The van der Waals surface area contributed by atoms with Crippen molar-refractivity contribution < 1.29 is 0 Å². The first-order valence-corrected chi connectivity index (χ1v) is 7.92. The number of benzene rings is 1. The minimum atomic E-state index is 0.541. The molecule has 0 saturated heterocycles. The lowest BCUT2D eigenvalue weighted by Crippen LogP contribution is -2.21. The van der Waals surface area contributed by atoms with Gasteiger partial charge in [0.25, 0.3) is 0 Å². The zero-order valence-corrected chi connectivity index (χ0v) is 12.6. The highest BCUT2D eigenvalue weighted by Crippen LogP contribution is 2.42. The van der Waals surface area contributed by atoms with Crippen LogP contribution in [0.5, 0.6) is 0 Å². The molecule has 0 aliphatic heterocycles. The normalized spacial score (nSPS) is 18.8. The van der Waals surface area contributed by atoms with Crippen LogP contribution in [0.15, 0.2) is 24.3 Å². The lowest BCUT2D eigenvalue weighted by molar-refractivity contribution is 0.346. The predicted octanol–water partition coefficient (Wildman–Crippen LogP) is 5.31. The van der Waals surface area contributed by atoms with E-state index in [0.717, 1.165) is 5.33 Å². The molecule has 0 spiro atoms. The van der Waals surface area contributed by atoms with E-state index < -0.39 is 0 Å². The van der Waals surface area contributed by atoms with Crippen LogP contribution in [0.2, 0.25) is 0 Å². The maximum absolute atomic E-state index is 3.73. The topological polar surface area (TPSA) is 0 Å². The summed E-state index contributed by atoms with van der Waals surface area (Å²) in [6.07, 6.45) is 6.86. The second-order valence-electron chi connectivity index (χ2n) is 5.91. The van der Waals surface area contributed by atoms with E-state index in [4.69, 9.17) is 0 Å². The largest absolute Gasteiger partial charge is 0.0922 e. The van der Waals surface area contributed by atoms with Crippen LogP contribution in [-0.4, -0.2) is 5.33 Å². The molecule has 1 fully saturated rings. The second-order valence-corrected chi connectivity index (χ2v) is 6.47. The van der Waals surface area contributed by atoms with Gasteiger partial charge in [-0.3, -0.25) is 0 Å². The highest BCUT2D eigenvalue weighted by Gasteiger charge is 2.32. The zero-order chi connectivity index (χ0) is 12.3. The van der Waals surface area contributed by atoms with E-state index in [0.29, 0.717) is 11.3 Å². The fourth-order valence-electron chi connectivity index (χ4n) is 2.94. The monoisotopic (exact) mass is 294 g/mol. The van der Waals surface area contributed by atoms with Crippen molar-refractivity contribution in [2.24, 2.45) is 5.41 Å². The van der Waals surface area contributed by atoms with E-state index >= 15 is 0 Å². The van der Waals surface area contributed by atoms with Crippen molar-refractivity contribution in [2.45, 2.75) is 51.9 Å². The first-order chi connectivity index (χ1) is 8.15. The van der Waals surface area contributed by atoms with Crippen LogP contribution >= 0.6 is 15.9 Å². The number of alkyl halides is 1. The molecule has 0 radical (unpaired) electrons. The molecule has 17 heavy (non-hydrogen) atoms. The molecule has 1 aliphatic carbocycles. The van der Waals surface area contributed by atoms with Crippen LogP contribution in [0, 0.1) is 5.41 Å². The molecule has 0 heterocycles. The highest BCUT2D eigenvalue weighted by atomic mass is 79.9. The molecule has 1 aromatic carbocycles. The summed E-state index contributed by atoms with van der Waals surface area (Å²) in [4.78, 5) is 0. The fourth-order valence-corrected chi connectivity index (χ4v) is 3.70. The molecule has 2 rings (SSSR count). The van der Waals surface area contributed by atoms with Gasteiger partial charge in [0.15, 0.2) is 0 Å². The van der Waals surface area contributed by atoms with Crippen LogP contribution in [-0.2, 0) is 6.42 Å². The molecule has 0 N–H and O–H groups in total. The van der Waals surface area contributed by atoms with Crippen LogP contribution in [0.4, 0.5) is 0 Å². The summed E-state index contributed by atoms with van der Waals surface area (Å²) in [7, 11) is 0. The van der Waals surface area contributed by atoms with Gasteiger partial charge in [-0.1, -0.05) is 66.9 Å². The summed E-state index contributed by atoms with van der Waals surface area (Å²) in [5, 5.41) is 1.16. The molecular formula is C16H23Br. The van der Waals surface area contributed by atoms with E-state index in [9.17, 15) is 0 Å². The van der Waals surface area contributed by atoms with Crippen molar-refractivity contribution in [1.29, 1.82) is 0 Å². The number of rotatable bonds is 4.